The summed E-state index contributed by atoms with van der Waals surface area (Å²) >= 11 is 3.64. The zero-order valence-corrected chi connectivity index (χ0v) is 20.6. The van der Waals surface area contributed by atoms with Gasteiger partial charge in [0.1, 0.15) is 5.69 Å². The SMILES string of the molecule is CC[N+](C)(c1ccc(CN2CCCC2)cc1)c1c(C(=O)C2CC2)cnc2ccc(Br)cc12. The van der Waals surface area contributed by atoms with Crippen LogP contribution in [0.4, 0.5) is 11.4 Å². The maximum Gasteiger partial charge on any atom is 0.173 e. The molecule has 1 aromatic heterocycles. The van der Waals surface area contributed by atoms with Gasteiger partial charge in [0.05, 0.1) is 30.1 Å². The van der Waals surface area contributed by atoms with Crippen molar-refractivity contribution in [3.8, 4) is 0 Å². The van der Waals surface area contributed by atoms with Gasteiger partial charge in [-0.2, -0.15) is 0 Å². The first-order valence-electron chi connectivity index (χ1n) is 11.8. The van der Waals surface area contributed by atoms with E-state index in [1.165, 1.54) is 37.2 Å². The number of ketones is 1. The lowest BCUT2D eigenvalue weighted by molar-refractivity contribution is 0.0966. The van der Waals surface area contributed by atoms with Crippen LogP contribution in [0.5, 0.6) is 0 Å². The Morgan fingerprint density at radius 3 is 2.50 bits per heavy atom. The van der Waals surface area contributed by atoms with Crippen molar-refractivity contribution >= 4 is 44.0 Å². The van der Waals surface area contributed by atoms with Crippen molar-refractivity contribution in [1.82, 2.24) is 14.4 Å². The van der Waals surface area contributed by atoms with Crippen LogP contribution in [-0.2, 0) is 6.54 Å². The van der Waals surface area contributed by atoms with Crippen LogP contribution in [0.25, 0.3) is 10.9 Å². The van der Waals surface area contributed by atoms with Crippen LogP contribution >= 0.6 is 15.9 Å². The summed E-state index contributed by atoms with van der Waals surface area (Å²) in [6.45, 7) is 6.48. The van der Waals surface area contributed by atoms with Crippen LogP contribution in [0.1, 0.15) is 48.5 Å². The first-order chi connectivity index (χ1) is 15.5. The molecule has 0 spiro atoms. The lowest BCUT2D eigenvalue weighted by Crippen LogP contribution is -2.41. The quantitative estimate of drug-likeness (QED) is 0.279. The Hall–Kier alpha value is -2.08. The Labute approximate surface area is 199 Å². The third-order valence-electron chi connectivity index (χ3n) is 7.25. The minimum atomic E-state index is 0.160. The summed E-state index contributed by atoms with van der Waals surface area (Å²) < 4.78 is 1.58. The molecular formula is C27H31BrN3O+. The number of quaternary nitrogens is 1. The van der Waals surface area contributed by atoms with Crippen molar-refractivity contribution < 1.29 is 4.79 Å². The van der Waals surface area contributed by atoms with Crippen molar-refractivity contribution in [2.75, 3.05) is 26.7 Å². The molecule has 166 valence electrons. The number of Topliss-reactive ketones (excluding diaryl/α,β-unsaturated/α-hetero) is 1. The van der Waals surface area contributed by atoms with Gasteiger partial charge in [-0.05, 0) is 81.6 Å². The largest absolute Gasteiger partial charge is 0.299 e. The van der Waals surface area contributed by atoms with Gasteiger partial charge < -0.3 is 0 Å². The summed E-state index contributed by atoms with van der Waals surface area (Å²) in [7, 11) is 2.23. The number of hydrogen-bond acceptors (Lipinski definition) is 3. The van der Waals surface area contributed by atoms with Gasteiger partial charge in [0.15, 0.2) is 11.5 Å². The van der Waals surface area contributed by atoms with Crippen LogP contribution in [0.15, 0.2) is 53.1 Å². The predicted octanol–water partition coefficient (Wildman–Crippen LogP) is 6.47. The van der Waals surface area contributed by atoms with Crippen LogP contribution in [0.2, 0.25) is 0 Å². The van der Waals surface area contributed by atoms with Gasteiger partial charge in [-0.25, -0.2) is 0 Å². The summed E-state index contributed by atoms with van der Waals surface area (Å²) in [6, 6.07) is 15.2. The number of hydrogen-bond donors (Lipinski definition) is 0. The van der Waals surface area contributed by atoms with Gasteiger partial charge in [0.2, 0.25) is 0 Å². The third kappa shape index (κ3) is 4.02. The van der Waals surface area contributed by atoms with E-state index in [1.807, 2.05) is 18.3 Å². The molecule has 1 atom stereocenters. The second-order valence-electron chi connectivity index (χ2n) is 9.48. The summed E-state index contributed by atoms with van der Waals surface area (Å²) in [6.07, 6.45) is 6.43. The number of aromatic nitrogens is 1. The standard InChI is InChI=1S/C27H31BrN3O/c1-3-31(2,22-11-6-19(7-12-22)18-30-14-4-5-15-30)26-23-16-21(28)10-13-25(23)29-17-24(26)27(32)20-8-9-20/h6-7,10-13,16-17,20H,3-5,8-9,14-15,18H2,1-2H3/q+1. The Morgan fingerprint density at radius 2 is 1.84 bits per heavy atom. The topological polar surface area (TPSA) is 33.2 Å². The number of carbonyl (C=O) groups excluding carboxylic acids is 1. The number of benzene rings is 2. The van der Waals surface area contributed by atoms with Gasteiger partial charge in [-0.1, -0.05) is 28.1 Å². The summed E-state index contributed by atoms with van der Waals surface area (Å²) in [5.41, 5.74) is 5.34. The first kappa shape index (κ1) is 21.7. The summed E-state index contributed by atoms with van der Waals surface area (Å²) in [5, 5.41) is 1.05. The smallest absolute Gasteiger partial charge is 0.173 e. The fourth-order valence-electron chi connectivity index (χ4n) is 5.03. The second kappa shape index (κ2) is 8.69. The van der Waals surface area contributed by atoms with Crippen LogP contribution in [-0.4, -0.2) is 42.3 Å². The molecule has 0 bridgehead atoms. The van der Waals surface area contributed by atoms with E-state index in [-0.39, 0.29) is 11.7 Å². The molecule has 2 aromatic carbocycles. The third-order valence-corrected chi connectivity index (χ3v) is 7.75. The van der Waals surface area contributed by atoms with E-state index < -0.39 is 0 Å². The van der Waals surface area contributed by atoms with Gasteiger partial charge in [-0.3, -0.25) is 19.2 Å². The number of fused-ring (bicyclic) bond motifs is 1. The van der Waals surface area contributed by atoms with E-state index in [1.54, 1.807) is 0 Å². The molecule has 1 saturated heterocycles. The number of likely N-dealkylation sites (tertiary alicyclic amines) is 1. The Bertz CT molecular complexity index is 1150. The van der Waals surface area contributed by atoms with Crippen molar-refractivity contribution in [3.05, 3.63) is 64.3 Å². The van der Waals surface area contributed by atoms with E-state index in [4.69, 9.17) is 0 Å². The lowest BCUT2D eigenvalue weighted by atomic mass is 9.99. The van der Waals surface area contributed by atoms with Crippen LogP contribution < -0.4 is 4.48 Å². The molecule has 2 aliphatic rings. The average Bonchev–Trinajstić information content (AvgIpc) is 3.54. The monoisotopic (exact) mass is 492 g/mol. The fraction of sp³-hybridized carbons (Fsp3) is 0.407. The highest BCUT2D eigenvalue weighted by atomic mass is 79.9. The molecule has 1 aliphatic heterocycles. The molecule has 0 N–H and O–H groups in total. The molecule has 5 rings (SSSR count). The van der Waals surface area contributed by atoms with Crippen LogP contribution in [0.3, 0.4) is 0 Å². The number of carbonyl (C=O) groups is 1. The molecule has 32 heavy (non-hydrogen) atoms. The number of pyridine rings is 1. The molecule has 5 heteroatoms. The average molecular weight is 493 g/mol. The second-order valence-corrected chi connectivity index (χ2v) is 10.4. The van der Waals surface area contributed by atoms with Crippen molar-refractivity contribution in [2.45, 2.75) is 39.2 Å². The molecule has 4 nitrogen and oxygen atoms in total. The molecule has 1 unspecified atom stereocenters. The Kier molecular flexibility index (Phi) is 5.91. The fourth-order valence-corrected chi connectivity index (χ4v) is 5.39. The van der Waals surface area contributed by atoms with E-state index in [0.717, 1.165) is 52.6 Å². The number of rotatable bonds is 7. The normalized spacial score (nSPS) is 18.7. The molecule has 3 aromatic rings. The highest BCUT2D eigenvalue weighted by Gasteiger charge is 2.39. The maximum absolute atomic E-state index is 13.3. The Balaban J connectivity index is 1.61. The summed E-state index contributed by atoms with van der Waals surface area (Å²) in [5.74, 6) is 0.408. The van der Waals surface area contributed by atoms with E-state index in [9.17, 15) is 4.79 Å². The lowest BCUT2D eigenvalue weighted by Gasteiger charge is -2.35. The molecule has 2 heterocycles. The number of nitrogens with zero attached hydrogens (tertiary/aromatic N) is 3. The highest BCUT2D eigenvalue weighted by Crippen LogP contribution is 2.44. The van der Waals surface area contributed by atoms with Gasteiger partial charge >= 0.3 is 0 Å². The molecule has 1 saturated carbocycles. The molecule has 0 amide bonds. The van der Waals surface area contributed by atoms with Crippen molar-refractivity contribution in [2.24, 2.45) is 5.92 Å². The van der Waals surface area contributed by atoms with E-state index >= 15 is 0 Å². The Morgan fingerprint density at radius 1 is 1.12 bits per heavy atom. The van der Waals surface area contributed by atoms with Gasteiger partial charge in [-0.15, -0.1) is 0 Å². The van der Waals surface area contributed by atoms with Crippen molar-refractivity contribution in [3.63, 3.8) is 0 Å². The van der Waals surface area contributed by atoms with E-state index in [0.29, 0.717) is 4.48 Å². The first-order valence-corrected chi connectivity index (χ1v) is 12.6. The van der Waals surface area contributed by atoms with Gasteiger partial charge in [0.25, 0.3) is 0 Å². The number of halogens is 1. The van der Waals surface area contributed by atoms with Crippen LogP contribution in [0, 0.1) is 5.92 Å². The molecule has 1 aliphatic carbocycles. The molecule has 2 fully saturated rings. The van der Waals surface area contributed by atoms with Crippen molar-refractivity contribution in [1.29, 1.82) is 0 Å². The van der Waals surface area contributed by atoms with Gasteiger partial charge in [0, 0.05) is 23.1 Å². The predicted molar refractivity (Wildman–Crippen MR) is 135 cm³/mol. The summed E-state index contributed by atoms with van der Waals surface area (Å²) in [4.78, 5) is 20.5. The molecular weight excluding hydrogens is 462 g/mol. The minimum Gasteiger partial charge on any atom is -0.299 e. The zero-order valence-electron chi connectivity index (χ0n) is 19.0. The maximum atomic E-state index is 13.3. The minimum absolute atomic E-state index is 0.160. The molecule has 0 radical (unpaired) electrons. The van der Waals surface area contributed by atoms with E-state index in [2.05, 4.69) is 70.1 Å². The zero-order chi connectivity index (χ0) is 22.3. The highest BCUT2D eigenvalue weighted by molar-refractivity contribution is 9.10.